The van der Waals surface area contributed by atoms with E-state index in [0.717, 1.165) is 0 Å². The molecule has 1 aromatic carbocycles. The molecule has 3 atom stereocenters. The summed E-state index contributed by atoms with van der Waals surface area (Å²) in [6.07, 6.45) is -1.89. The summed E-state index contributed by atoms with van der Waals surface area (Å²) in [5.74, 6) is -1.55. The van der Waals surface area contributed by atoms with E-state index in [2.05, 4.69) is 4.65 Å². The van der Waals surface area contributed by atoms with Crippen LogP contribution in [0.2, 0.25) is 0 Å². The first-order valence-corrected chi connectivity index (χ1v) is 7.49. The van der Waals surface area contributed by atoms with Gasteiger partial charge in [-0.2, -0.15) is 0 Å². The zero-order chi connectivity index (χ0) is 18.3. The zero-order valence-electron chi connectivity index (χ0n) is 14.3. The first kappa shape index (κ1) is 23.6. The van der Waals surface area contributed by atoms with Gasteiger partial charge in [-0.25, -0.2) is 4.79 Å². The van der Waals surface area contributed by atoms with Crippen molar-refractivity contribution in [3.05, 3.63) is 35.6 Å². The smallest absolute Gasteiger partial charge is 0.338 e. The summed E-state index contributed by atoms with van der Waals surface area (Å²) < 4.78 is 14.7. The van der Waals surface area contributed by atoms with Crippen LogP contribution in [0.3, 0.4) is 0 Å². The number of ether oxygens (including phenoxy) is 2. The van der Waals surface area contributed by atoms with E-state index in [0.29, 0.717) is 5.56 Å². The largest absolute Gasteiger partial charge is 0.665 e. The normalized spacial score (nSPS) is 14.1. The van der Waals surface area contributed by atoms with Crippen molar-refractivity contribution in [2.45, 2.75) is 39.0 Å². The first-order chi connectivity index (χ1) is 11.3. The second-order valence-electron chi connectivity index (χ2n) is 5.71. The number of rotatable bonds is 8. The minimum atomic E-state index is -1.16. The van der Waals surface area contributed by atoms with E-state index in [4.69, 9.17) is 23.3 Å². The Bertz CT molecular complexity index is 554. The molecule has 0 bridgehead atoms. The van der Waals surface area contributed by atoms with Gasteiger partial charge in [0.1, 0.15) is 18.5 Å². The van der Waals surface area contributed by atoms with Gasteiger partial charge < -0.3 is 25.0 Å². The molecule has 3 unspecified atom stereocenters. The number of phenolic OH excluding ortho intramolecular Hbond substituents is 1. The summed E-state index contributed by atoms with van der Waals surface area (Å²) in [6, 6.07) is 4.75. The Labute approximate surface area is 162 Å². The maximum Gasteiger partial charge on any atom is 0.338 e. The summed E-state index contributed by atoms with van der Waals surface area (Å²) in [6.45, 7) is 4.86. The van der Waals surface area contributed by atoms with Crippen LogP contribution in [0.4, 0.5) is 0 Å². The number of hydrogen-bond donors (Lipinski definition) is 1. The van der Waals surface area contributed by atoms with Crippen molar-refractivity contribution in [1.82, 2.24) is 0 Å². The minimum absolute atomic E-state index is 0. The fourth-order valence-corrected chi connectivity index (χ4v) is 1.77. The molecule has 1 aromatic rings. The van der Waals surface area contributed by atoms with Gasteiger partial charge in [-0.15, -0.1) is 0 Å². The van der Waals surface area contributed by atoms with Gasteiger partial charge in [0.25, 0.3) is 14.0 Å². The molecule has 0 heterocycles. The van der Waals surface area contributed by atoms with Gasteiger partial charge in [-0.05, 0) is 30.7 Å². The van der Waals surface area contributed by atoms with Crippen LogP contribution in [0.25, 0.3) is 5.73 Å². The third-order valence-electron chi connectivity index (χ3n) is 3.24. The van der Waals surface area contributed by atoms with Gasteiger partial charge in [0.05, 0.1) is 0 Å². The van der Waals surface area contributed by atoms with Crippen molar-refractivity contribution in [2.75, 3.05) is 6.61 Å². The van der Waals surface area contributed by atoms with Gasteiger partial charge >= 0.3 is 5.97 Å². The van der Waals surface area contributed by atoms with Crippen molar-refractivity contribution in [2.24, 2.45) is 5.92 Å². The van der Waals surface area contributed by atoms with E-state index in [1.165, 1.54) is 24.3 Å². The van der Waals surface area contributed by atoms with Crippen LogP contribution in [0.15, 0.2) is 24.3 Å². The van der Waals surface area contributed by atoms with Crippen molar-refractivity contribution in [3.8, 4) is 5.75 Å². The number of esters is 2. The molecule has 0 spiro atoms. The summed E-state index contributed by atoms with van der Waals surface area (Å²) >= 11 is 0. The van der Waals surface area contributed by atoms with Crippen molar-refractivity contribution >= 4 is 20.0 Å². The molecule has 137 valence electrons. The van der Waals surface area contributed by atoms with Crippen LogP contribution >= 0.6 is 0 Å². The Morgan fingerprint density at radius 1 is 1.16 bits per heavy atom. The molecule has 3 radical (unpaired) electrons. The Hall–Kier alpha value is -1.39. The predicted octanol–water partition coefficient (Wildman–Crippen LogP) is 2.08. The molecular formula is C16H21BNO6Re-. The Morgan fingerprint density at radius 3 is 2.20 bits per heavy atom. The average molecular weight is 520 g/mol. The maximum atomic E-state index is 12.1. The number of phenols is 1. The molecule has 0 saturated carbocycles. The van der Waals surface area contributed by atoms with E-state index >= 15 is 0 Å². The van der Waals surface area contributed by atoms with E-state index in [-0.39, 0.29) is 38.7 Å². The molecular weight excluding hydrogens is 499 g/mol. The second-order valence-corrected chi connectivity index (χ2v) is 5.71. The number of benzene rings is 1. The SMILES string of the molecule is [B]OC(C(=O)OC(C)COC(=O)C([NH-])C(C)C)c1ccc(O)cc1.[Re]. The van der Waals surface area contributed by atoms with Crippen molar-refractivity contribution in [3.63, 3.8) is 0 Å². The Kier molecular flexibility index (Phi) is 10.6. The number of carbonyl (C=O) groups is 2. The van der Waals surface area contributed by atoms with Crippen molar-refractivity contribution < 1.29 is 49.2 Å². The van der Waals surface area contributed by atoms with Gasteiger partial charge in [-0.3, -0.25) is 4.79 Å². The molecule has 0 aliphatic carbocycles. The molecule has 0 aromatic heterocycles. The quantitative estimate of drug-likeness (QED) is 0.416. The fraction of sp³-hybridized carbons (Fsp3) is 0.500. The molecule has 0 saturated heterocycles. The van der Waals surface area contributed by atoms with Crippen LogP contribution in [0, 0.1) is 5.92 Å². The Morgan fingerprint density at radius 2 is 1.72 bits per heavy atom. The van der Waals surface area contributed by atoms with Gasteiger partial charge in [0.2, 0.25) is 0 Å². The third kappa shape index (κ3) is 7.57. The molecule has 1 rings (SSSR count). The van der Waals surface area contributed by atoms with Crippen LogP contribution in [0.1, 0.15) is 32.4 Å². The molecule has 25 heavy (non-hydrogen) atoms. The average Bonchev–Trinajstić information content (AvgIpc) is 2.54. The molecule has 0 aliphatic heterocycles. The number of carbonyl (C=O) groups excluding carboxylic acids is 2. The summed E-state index contributed by atoms with van der Waals surface area (Å²) in [7, 11) is 5.14. The molecule has 0 amide bonds. The maximum absolute atomic E-state index is 12.1. The fourth-order valence-electron chi connectivity index (χ4n) is 1.77. The van der Waals surface area contributed by atoms with Crippen LogP contribution in [0.5, 0.6) is 5.75 Å². The van der Waals surface area contributed by atoms with E-state index in [9.17, 15) is 14.7 Å². The van der Waals surface area contributed by atoms with Gasteiger partial charge in [0, 0.05) is 20.4 Å². The molecule has 0 fully saturated rings. The molecule has 2 N–H and O–H groups in total. The minimum Gasteiger partial charge on any atom is -0.665 e. The van der Waals surface area contributed by atoms with E-state index in [1.807, 2.05) is 0 Å². The van der Waals surface area contributed by atoms with Gasteiger partial charge in [0.15, 0.2) is 6.10 Å². The predicted molar refractivity (Wildman–Crippen MR) is 87.1 cm³/mol. The van der Waals surface area contributed by atoms with E-state index in [1.54, 1.807) is 20.8 Å². The van der Waals surface area contributed by atoms with Crippen LogP contribution < -0.4 is 0 Å². The Balaban J connectivity index is 0.00000576. The summed E-state index contributed by atoms with van der Waals surface area (Å²) in [5, 5.41) is 9.25. The number of hydrogen-bond acceptors (Lipinski definition) is 6. The van der Waals surface area contributed by atoms with Crippen molar-refractivity contribution in [1.29, 1.82) is 0 Å². The van der Waals surface area contributed by atoms with Crippen LogP contribution in [-0.2, 0) is 44.1 Å². The number of aromatic hydroxyl groups is 1. The molecule has 7 nitrogen and oxygen atoms in total. The molecule has 9 heteroatoms. The second kappa shape index (κ2) is 11.3. The topological polar surface area (TPSA) is 106 Å². The monoisotopic (exact) mass is 521 g/mol. The van der Waals surface area contributed by atoms with Crippen LogP contribution in [-0.4, -0.2) is 43.8 Å². The standard InChI is InChI=1S/C16H21BNO6.Re/c1-9(2)13(18)15(20)22-8-10(3)23-16(21)14(24-17)11-4-6-12(19)7-5-11;/h4-7,9-10,13-14,18-19H,8H2,1-3H3;/q-1;. The zero-order valence-corrected chi connectivity index (χ0v) is 17.0. The number of nitrogens with one attached hydrogen (secondary N) is 1. The summed E-state index contributed by atoms with van der Waals surface area (Å²) in [5.41, 5.74) is 8.02. The van der Waals surface area contributed by atoms with E-state index < -0.39 is 30.2 Å². The summed E-state index contributed by atoms with van der Waals surface area (Å²) in [4.78, 5) is 23.7. The first-order valence-electron chi connectivity index (χ1n) is 7.49. The van der Waals surface area contributed by atoms with Gasteiger partial charge in [-0.1, -0.05) is 31.9 Å². The molecule has 0 aliphatic rings. The third-order valence-corrected chi connectivity index (χ3v) is 3.24.